The second kappa shape index (κ2) is 4.22. The molecule has 0 aromatic heterocycles. The predicted octanol–water partition coefficient (Wildman–Crippen LogP) is -0.122. The van der Waals surface area contributed by atoms with Crippen LogP contribution in [0.5, 0.6) is 0 Å². The van der Waals surface area contributed by atoms with Crippen LogP contribution in [0.3, 0.4) is 0 Å². The molecular weight excluding hydrogens is 152 g/mol. The van der Waals surface area contributed by atoms with Gasteiger partial charge in [0.15, 0.2) is 0 Å². The lowest BCUT2D eigenvalue weighted by molar-refractivity contribution is -0.481. The third-order valence-corrected chi connectivity index (χ3v) is 1.05. The maximum absolute atomic E-state index is 10.1. The van der Waals surface area contributed by atoms with Gasteiger partial charge in [-0.25, -0.2) is 0 Å². The summed E-state index contributed by atoms with van der Waals surface area (Å²) >= 11 is 0. The van der Waals surface area contributed by atoms with Gasteiger partial charge in [0.25, 0.3) is 0 Å². The zero-order valence-corrected chi connectivity index (χ0v) is 5.56. The Morgan fingerprint density at radius 3 is 2.64 bits per heavy atom. The van der Waals surface area contributed by atoms with Crippen LogP contribution in [0.1, 0.15) is 6.42 Å². The topological polar surface area (TPSA) is 104 Å². The molecule has 0 bridgehead atoms. The molecule has 0 heterocycles. The summed E-state index contributed by atoms with van der Waals surface area (Å²) in [6.07, 6.45) is -0.237. The summed E-state index contributed by atoms with van der Waals surface area (Å²) < 4.78 is 0. The van der Waals surface area contributed by atoms with E-state index in [0.29, 0.717) is 0 Å². The van der Waals surface area contributed by atoms with Crippen molar-refractivity contribution in [3.05, 3.63) is 10.1 Å². The van der Waals surface area contributed by atoms with E-state index >= 15 is 0 Å². The van der Waals surface area contributed by atoms with Gasteiger partial charge in [0.1, 0.15) is 5.92 Å². The van der Waals surface area contributed by atoms with Gasteiger partial charge in [0.05, 0.1) is 6.07 Å². The molecule has 0 radical (unpaired) electrons. The summed E-state index contributed by atoms with van der Waals surface area (Å²) in [7, 11) is 0. The van der Waals surface area contributed by atoms with Gasteiger partial charge in [0, 0.05) is 11.3 Å². The highest BCUT2D eigenvalue weighted by Crippen LogP contribution is 2.00. The quantitative estimate of drug-likeness (QED) is 0.453. The number of hydrogen-bond donors (Lipinski definition) is 1. The molecule has 6 heteroatoms. The highest BCUT2D eigenvalue weighted by molar-refractivity contribution is 5.72. The number of carboxylic acids is 1. The van der Waals surface area contributed by atoms with Crippen LogP contribution in [0.25, 0.3) is 0 Å². The van der Waals surface area contributed by atoms with Gasteiger partial charge >= 0.3 is 5.97 Å². The van der Waals surface area contributed by atoms with Crippen LogP contribution in [0.15, 0.2) is 0 Å². The predicted molar refractivity (Wildman–Crippen MR) is 33.2 cm³/mol. The van der Waals surface area contributed by atoms with Crippen molar-refractivity contribution in [3.8, 4) is 6.07 Å². The SMILES string of the molecule is N#CC(CC[N+](=O)[O-])C(=O)O. The third kappa shape index (κ3) is 3.86. The smallest absolute Gasteiger partial charge is 0.321 e. The van der Waals surface area contributed by atoms with E-state index in [0.717, 1.165) is 0 Å². The number of nitrogens with zero attached hydrogens (tertiary/aromatic N) is 2. The van der Waals surface area contributed by atoms with Crippen molar-refractivity contribution in [1.29, 1.82) is 5.26 Å². The van der Waals surface area contributed by atoms with Crippen LogP contribution in [-0.2, 0) is 4.79 Å². The Kier molecular flexibility index (Phi) is 3.59. The van der Waals surface area contributed by atoms with E-state index in [9.17, 15) is 14.9 Å². The van der Waals surface area contributed by atoms with Crippen LogP contribution in [0.4, 0.5) is 0 Å². The molecule has 11 heavy (non-hydrogen) atoms. The number of hydrogen-bond acceptors (Lipinski definition) is 4. The van der Waals surface area contributed by atoms with Crippen LogP contribution in [-0.4, -0.2) is 22.5 Å². The molecule has 0 spiro atoms. The van der Waals surface area contributed by atoms with E-state index in [1.807, 2.05) is 0 Å². The van der Waals surface area contributed by atoms with Crippen molar-refractivity contribution < 1.29 is 14.8 Å². The fraction of sp³-hybridized carbons (Fsp3) is 0.600. The Morgan fingerprint density at radius 1 is 1.82 bits per heavy atom. The first-order valence-electron chi connectivity index (χ1n) is 2.82. The van der Waals surface area contributed by atoms with Gasteiger partial charge in [-0.15, -0.1) is 0 Å². The second-order valence-electron chi connectivity index (χ2n) is 1.86. The van der Waals surface area contributed by atoms with Crippen molar-refractivity contribution >= 4 is 5.97 Å². The minimum atomic E-state index is -1.31. The molecule has 0 aromatic carbocycles. The number of carboxylic acid groups (broad SMARTS) is 1. The average molecular weight is 158 g/mol. The summed E-state index contributed by atoms with van der Waals surface area (Å²) in [5.41, 5.74) is 0. The maximum Gasteiger partial charge on any atom is 0.321 e. The highest BCUT2D eigenvalue weighted by atomic mass is 16.6. The molecular formula is C5H6N2O4. The average Bonchev–Trinajstić information content (AvgIpc) is 1.87. The van der Waals surface area contributed by atoms with E-state index in [-0.39, 0.29) is 6.42 Å². The standard InChI is InChI=1S/C5H6N2O4/c6-3-4(5(8)9)1-2-7(10)11/h4H,1-2H2,(H,8,9). The summed E-state index contributed by atoms with van der Waals surface area (Å²) in [5.74, 6) is -2.57. The van der Waals surface area contributed by atoms with Gasteiger partial charge in [-0.05, 0) is 0 Å². The van der Waals surface area contributed by atoms with Crippen molar-refractivity contribution in [1.82, 2.24) is 0 Å². The first-order chi connectivity index (χ1) is 5.07. The van der Waals surface area contributed by atoms with Gasteiger partial charge < -0.3 is 5.11 Å². The number of carbonyl (C=O) groups is 1. The van der Waals surface area contributed by atoms with Gasteiger partial charge in [-0.2, -0.15) is 5.26 Å². The Bertz CT molecular complexity index is 207. The molecule has 0 saturated heterocycles. The number of nitriles is 1. The maximum atomic E-state index is 10.1. The zero-order chi connectivity index (χ0) is 8.85. The molecule has 60 valence electrons. The highest BCUT2D eigenvalue weighted by Gasteiger charge is 2.18. The van der Waals surface area contributed by atoms with Crippen molar-refractivity contribution in [2.75, 3.05) is 6.54 Å². The molecule has 0 rings (SSSR count). The molecule has 0 aliphatic heterocycles. The molecule has 0 fully saturated rings. The molecule has 6 nitrogen and oxygen atoms in total. The Labute approximate surface area is 62.2 Å². The van der Waals surface area contributed by atoms with Crippen molar-refractivity contribution in [2.24, 2.45) is 5.92 Å². The number of rotatable bonds is 4. The second-order valence-corrected chi connectivity index (χ2v) is 1.86. The zero-order valence-electron chi connectivity index (χ0n) is 5.56. The van der Waals surface area contributed by atoms with Crippen LogP contribution in [0.2, 0.25) is 0 Å². The molecule has 0 amide bonds. The van der Waals surface area contributed by atoms with Crippen LogP contribution in [0, 0.1) is 27.4 Å². The van der Waals surface area contributed by atoms with Crippen LogP contribution >= 0.6 is 0 Å². The van der Waals surface area contributed by atoms with Crippen molar-refractivity contribution in [2.45, 2.75) is 6.42 Å². The third-order valence-electron chi connectivity index (χ3n) is 1.05. The van der Waals surface area contributed by atoms with Gasteiger partial charge in [-0.3, -0.25) is 14.9 Å². The lowest BCUT2D eigenvalue weighted by Gasteiger charge is -1.97. The normalized spacial score (nSPS) is 11.5. The van der Waals surface area contributed by atoms with E-state index < -0.39 is 23.4 Å². The summed E-state index contributed by atoms with van der Waals surface area (Å²) in [6, 6.07) is 1.45. The summed E-state index contributed by atoms with van der Waals surface area (Å²) in [4.78, 5) is 19.2. The molecule has 0 aliphatic rings. The fourth-order valence-electron chi connectivity index (χ4n) is 0.478. The first-order valence-corrected chi connectivity index (χ1v) is 2.82. The number of nitro groups is 1. The van der Waals surface area contributed by atoms with Crippen LogP contribution < -0.4 is 0 Å². The minimum Gasteiger partial charge on any atom is -0.480 e. The van der Waals surface area contributed by atoms with E-state index in [1.165, 1.54) is 6.07 Å². The fourth-order valence-corrected chi connectivity index (χ4v) is 0.478. The van der Waals surface area contributed by atoms with Gasteiger partial charge in [-0.1, -0.05) is 0 Å². The largest absolute Gasteiger partial charge is 0.480 e. The molecule has 0 aromatic rings. The van der Waals surface area contributed by atoms with E-state index in [1.54, 1.807) is 0 Å². The molecule has 1 N–H and O–H groups in total. The van der Waals surface area contributed by atoms with E-state index in [2.05, 4.69) is 0 Å². The van der Waals surface area contributed by atoms with Crippen molar-refractivity contribution in [3.63, 3.8) is 0 Å². The molecule has 1 atom stereocenters. The summed E-state index contributed by atoms with van der Waals surface area (Å²) in [6.45, 7) is -0.482. The lowest BCUT2D eigenvalue weighted by atomic mass is 10.1. The Morgan fingerprint density at radius 2 is 2.36 bits per heavy atom. The van der Waals surface area contributed by atoms with Gasteiger partial charge in [0.2, 0.25) is 6.54 Å². The van der Waals surface area contributed by atoms with E-state index in [4.69, 9.17) is 10.4 Å². The first kappa shape index (κ1) is 9.36. The lowest BCUT2D eigenvalue weighted by Crippen LogP contribution is -2.15. The molecule has 0 aliphatic carbocycles. The monoisotopic (exact) mass is 158 g/mol. The molecule has 1 unspecified atom stereocenters. The Balaban J connectivity index is 3.82. The molecule has 0 saturated carbocycles. The number of aliphatic carboxylic acids is 1. The minimum absolute atomic E-state index is 0.237. The summed E-state index contributed by atoms with van der Waals surface area (Å²) in [5, 5.41) is 26.1. The Hall–Kier alpha value is -1.64.